The molecule has 0 atom stereocenters. The molecule has 0 spiro atoms. The maximum absolute atomic E-state index is 5.91. The summed E-state index contributed by atoms with van der Waals surface area (Å²) in [7, 11) is 6.87. The lowest BCUT2D eigenvalue weighted by Gasteiger charge is -2.24. The second-order valence-electron chi connectivity index (χ2n) is 17.1. The van der Waals surface area contributed by atoms with E-state index >= 15 is 0 Å². The van der Waals surface area contributed by atoms with Crippen molar-refractivity contribution in [1.82, 2.24) is 0 Å². The van der Waals surface area contributed by atoms with E-state index in [0.717, 1.165) is 93.7 Å². The lowest BCUT2D eigenvalue weighted by Crippen LogP contribution is -2.25. The smallest absolute Gasteiger partial charge is 0.126 e. The predicted molar refractivity (Wildman–Crippen MR) is 288 cm³/mol. The van der Waals surface area contributed by atoms with Gasteiger partial charge in [0, 0.05) is 59.8 Å². The Morgan fingerprint density at radius 1 is 0.348 bits per heavy atom. The van der Waals surface area contributed by atoms with E-state index < -0.39 is 0 Å². The second-order valence-corrected chi connectivity index (χ2v) is 17.1. The van der Waals surface area contributed by atoms with E-state index in [0.29, 0.717) is 0 Å². The summed E-state index contributed by atoms with van der Waals surface area (Å²) in [6, 6.07) is 30.4. The number of unbranched alkanes of at least 4 members (excludes halogenated alkanes) is 4. The normalized spacial score (nSPS) is 11.7. The van der Waals surface area contributed by atoms with Crippen molar-refractivity contribution in [3.63, 3.8) is 0 Å². The van der Waals surface area contributed by atoms with Crippen LogP contribution in [-0.4, -0.2) is 54.6 Å². The highest BCUT2D eigenvalue weighted by Gasteiger charge is 2.12. The Balaban J connectivity index is 1.30. The molecule has 0 aliphatic carbocycles. The summed E-state index contributed by atoms with van der Waals surface area (Å²) in [5.41, 5.74) is 13.3. The molecule has 0 aliphatic heterocycles. The topological polar surface area (TPSA) is 43.4 Å². The average molecular weight is 889 g/mol. The Labute approximate surface area is 398 Å². The Hall–Kier alpha value is -6.14. The third-order valence-electron chi connectivity index (χ3n) is 12.3. The summed E-state index contributed by atoms with van der Waals surface area (Å²) in [6.45, 7) is 17.7. The van der Waals surface area contributed by atoms with E-state index in [1.54, 1.807) is 28.4 Å². The van der Waals surface area contributed by atoms with Crippen LogP contribution in [0.25, 0.3) is 48.6 Å². The molecule has 0 aliphatic rings. The van der Waals surface area contributed by atoms with E-state index in [1.165, 1.54) is 73.9 Å². The number of rotatable bonds is 26. The highest BCUT2D eigenvalue weighted by molar-refractivity contribution is 5.82. The first-order valence-corrected chi connectivity index (χ1v) is 24.2. The molecule has 0 saturated heterocycles. The van der Waals surface area contributed by atoms with Crippen LogP contribution in [0.3, 0.4) is 0 Å². The van der Waals surface area contributed by atoms with Gasteiger partial charge < -0.3 is 28.7 Å². The number of methoxy groups -OCH3 is 4. The largest absolute Gasteiger partial charge is 0.496 e. The zero-order chi connectivity index (χ0) is 47.3. The molecule has 5 rings (SSSR count). The van der Waals surface area contributed by atoms with Crippen LogP contribution in [0.1, 0.15) is 135 Å². The van der Waals surface area contributed by atoms with Crippen LogP contribution in [-0.2, 0) is 0 Å². The van der Waals surface area contributed by atoms with Gasteiger partial charge in [-0.1, -0.05) is 138 Å². The fraction of sp³-hybridized carbons (Fsp3) is 0.367. The zero-order valence-corrected chi connectivity index (χ0v) is 41.7. The van der Waals surface area contributed by atoms with Gasteiger partial charge in [-0.3, -0.25) is 0 Å². The molecule has 66 heavy (non-hydrogen) atoms. The van der Waals surface area contributed by atoms with Crippen LogP contribution < -0.4 is 28.7 Å². The molecule has 0 fully saturated rings. The molecule has 0 bridgehead atoms. The molecule has 0 unspecified atom stereocenters. The van der Waals surface area contributed by atoms with E-state index in [-0.39, 0.29) is 0 Å². The molecular formula is C60H76N2O4. The minimum absolute atomic E-state index is 0.783. The minimum Gasteiger partial charge on any atom is -0.496 e. The zero-order valence-electron chi connectivity index (χ0n) is 41.7. The number of nitrogens with zero attached hydrogens (tertiary/aromatic N) is 2. The number of aryl methyl sites for hydroxylation is 2. The van der Waals surface area contributed by atoms with Gasteiger partial charge >= 0.3 is 0 Å². The number of benzene rings is 5. The van der Waals surface area contributed by atoms with Crippen molar-refractivity contribution in [2.24, 2.45) is 0 Å². The van der Waals surface area contributed by atoms with E-state index in [9.17, 15) is 0 Å². The molecule has 6 heteroatoms. The second kappa shape index (κ2) is 26.7. The summed E-state index contributed by atoms with van der Waals surface area (Å²) in [4.78, 5) is 5.03. The number of hydrogen-bond acceptors (Lipinski definition) is 6. The molecular weight excluding hydrogens is 813 g/mol. The average Bonchev–Trinajstić information content (AvgIpc) is 3.35. The molecule has 0 heterocycles. The standard InChI is InChI=1S/C60H76N2O4/c1-11-15-35-61(36-16-12-2)55-31-21-47(22-32-55)19-25-51-41-59(65-9)53(43-57(51)63-7)29-27-49-39-46(6)50(40-45(49)5)28-30-54-44-58(64-8)52(42-60(54)66-10)26-20-48-23-33-56(34-24-48)62(37-17-13-3)38-18-14-4/h19-34,39-44H,11-18,35-38H2,1-10H3/b25-19+,26-20+,29-27+,30-28+. The first-order valence-electron chi connectivity index (χ1n) is 24.2. The van der Waals surface area contributed by atoms with Gasteiger partial charge in [0.05, 0.1) is 28.4 Å². The van der Waals surface area contributed by atoms with Gasteiger partial charge in [-0.2, -0.15) is 0 Å². The van der Waals surface area contributed by atoms with Gasteiger partial charge in [-0.05, 0) is 121 Å². The van der Waals surface area contributed by atoms with Gasteiger partial charge in [0.1, 0.15) is 23.0 Å². The first kappa shape index (κ1) is 50.9. The fourth-order valence-electron chi connectivity index (χ4n) is 8.09. The van der Waals surface area contributed by atoms with Crippen molar-refractivity contribution in [3.8, 4) is 23.0 Å². The van der Waals surface area contributed by atoms with Crippen molar-refractivity contribution in [1.29, 1.82) is 0 Å². The minimum atomic E-state index is 0.783. The van der Waals surface area contributed by atoms with Crippen LogP contribution in [0.2, 0.25) is 0 Å². The maximum Gasteiger partial charge on any atom is 0.126 e. The van der Waals surface area contributed by atoms with Crippen LogP contribution in [0.5, 0.6) is 23.0 Å². The SMILES string of the molecule is CCCCN(CCCC)c1ccc(/C=C/c2cc(OC)c(/C=C/c3cc(C)c(/C=C/c4cc(OC)c(/C=C/c5ccc(N(CCCC)CCCC)cc5)cc4OC)cc3C)cc2OC)cc1. The lowest BCUT2D eigenvalue weighted by atomic mass is 9.97. The van der Waals surface area contributed by atoms with Crippen LogP contribution in [0.15, 0.2) is 84.9 Å². The fourth-order valence-corrected chi connectivity index (χ4v) is 8.09. The van der Waals surface area contributed by atoms with E-state index in [1.807, 2.05) is 24.3 Å². The van der Waals surface area contributed by atoms with E-state index in [2.05, 4.69) is 161 Å². The quantitative estimate of drug-likeness (QED) is 0.0516. The van der Waals surface area contributed by atoms with Gasteiger partial charge in [0.15, 0.2) is 0 Å². The maximum atomic E-state index is 5.91. The van der Waals surface area contributed by atoms with Crippen molar-refractivity contribution < 1.29 is 18.9 Å². The summed E-state index contributed by atoms with van der Waals surface area (Å²) in [6.07, 6.45) is 26.6. The summed E-state index contributed by atoms with van der Waals surface area (Å²) < 4.78 is 23.6. The summed E-state index contributed by atoms with van der Waals surface area (Å²) >= 11 is 0. The lowest BCUT2D eigenvalue weighted by molar-refractivity contribution is 0.401. The predicted octanol–water partition coefficient (Wildman–Crippen LogP) is 15.8. The Morgan fingerprint density at radius 2 is 0.606 bits per heavy atom. The molecule has 0 saturated carbocycles. The third kappa shape index (κ3) is 14.4. The van der Waals surface area contributed by atoms with Crippen LogP contribution >= 0.6 is 0 Å². The molecule has 5 aromatic rings. The third-order valence-corrected chi connectivity index (χ3v) is 12.3. The molecule has 6 nitrogen and oxygen atoms in total. The molecule has 0 radical (unpaired) electrons. The molecule has 0 aromatic heterocycles. The summed E-state index contributed by atoms with van der Waals surface area (Å²) in [5, 5.41) is 0. The van der Waals surface area contributed by atoms with Crippen LogP contribution in [0.4, 0.5) is 11.4 Å². The van der Waals surface area contributed by atoms with Crippen molar-refractivity contribution >= 4 is 60.0 Å². The Kier molecular flexibility index (Phi) is 20.6. The van der Waals surface area contributed by atoms with Gasteiger partial charge in [0.2, 0.25) is 0 Å². The Morgan fingerprint density at radius 3 is 0.864 bits per heavy atom. The van der Waals surface area contributed by atoms with Gasteiger partial charge in [0.25, 0.3) is 0 Å². The molecule has 0 N–H and O–H groups in total. The molecule has 0 amide bonds. The highest BCUT2D eigenvalue weighted by Crippen LogP contribution is 2.34. The van der Waals surface area contributed by atoms with Crippen molar-refractivity contribution in [2.75, 3.05) is 64.4 Å². The van der Waals surface area contributed by atoms with E-state index in [4.69, 9.17) is 18.9 Å². The molecule has 5 aromatic carbocycles. The Bertz CT molecular complexity index is 2210. The monoisotopic (exact) mass is 889 g/mol. The van der Waals surface area contributed by atoms with Gasteiger partial charge in [-0.25, -0.2) is 0 Å². The van der Waals surface area contributed by atoms with Crippen LogP contribution in [0, 0.1) is 13.8 Å². The number of anilines is 2. The van der Waals surface area contributed by atoms with Crippen molar-refractivity contribution in [2.45, 2.75) is 92.9 Å². The van der Waals surface area contributed by atoms with Gasteiger partial charge in [-0.15, -0.1) is 0 Å². The van der Waals surface area contributed by atoms with Crippen molar-refractivity contribution in [3.05, 3.63) is 141 Å². The highest BCUT2D eigenvalue weighted by atomic mass is 16.5. The first-order chi connectivity index (χ1) is 32.2. The number of ether oxygens (including phenoxy) is 4. The molecule has 350 valence electrons. The summed E-state index contributed by atoms with van der Waals surface area (Å²) in [5.74, 6) is 3.14. The number of hydrogen-bond donors (Lipinski definition) is 0.